The Morgan fingerprint density at radius 2 is 2.24 bits per heavy atom. The van der Waals surface area contributed by atoms with Crippen LogP contribution in [0, 0.1) is 13.8 Å². The molecule has 0 saturated carbocycles. The van der Waals surface area contributed by atoms with Gasteiger partial charge in [0.25, 0.3) is 0 Å². The molecule has 1 aromatic rings. The van der Waals surface area contributed by atoms with Crippen LogP contribution in [0.3, 0.4) is 0 Å². The van der Waals surface area contributed by atoms with Gasteiger partial charge in [0, 0.05) is 0 Å². The Morgan fingerprint density at radius 3 is 2.82 bits per heavy atom. The molecule has 0 aliphatic heterocycles. The number of aryl methyl sites for hydroxylation is 3. The van der Waals surface area contributed by atoms with Gasteiger partial charge in [0.2, 0.25) is 0 Å². The SMILES string of the molecule is CCOC(=O)CC[Se]CCn1nc(C)cc1C. The molecule has 1 aromatic heterocycles. The number of hydrogen-bond donors (Lipinski definition) is 0. The van der Waals surface area contributed by atoms with Crippen LogP contribution in [0.1, 0.15) is 24.7 Å². The van der Waals surface area contributed by atoms with Crippen molar-refractivity contribution in [1.29, 1.82) is 0 Å². The van der Waals surface area contributed by atoms with Crippen molar-refractivity contribution in [2.75, 3.05) is 6.61 Å². The van der Waals surface area contributed by atoms with Gasteiger partial charge in [-0.15, -0.1) is 0 Å². The summed E-state index contributed by atoms with van der Waals surface area (Å²) >= 11 is 0.499. The average Bonchev–Trinajstić information content (AvgIpc) is 2.57. The van der Waals surface area contributed by atoms with Crippen LogP contribution in [-0.4, -0.2) is 37.3 Å². The fourth-order valence-electron chi connectivity index (χ4n) is 1.54. The topological polar surface area (TPSA) is 44.1 Å². The van der Waals surface area contributed by atoms with E-state index in [1.807, 2.05) is 18.5 Å². The van der Waals surface area contributed by atoms with E-state index >= 15 is 0 Å². The van der Waals surface area contributed by atoms with Gasteiger partial charge in [-0.1, -0.05) is 0 Å². The van der Waals surface area contributed by atoms with Gasteiger partial charge in [-0.3, -0.25) is 0 Å². The van der Waals surface area contributed by atoms with Crippen LogP contribution in [0.2, 0.25) is 10.6 Å². The summed E-state index contributed by atoms with van der Waals surface area (Å²) in [6.45, 7) is 7.37. The maximum absolute atomic E-state index is 11.1. The number of carbonyl (C=O) groups is 1. The summed E-state index contributed by atoms with van der Waals surface area (Å²) in [7, 11) is 0. The van der Waals surface area contributed by atoms with E-state index in [9.17, 15) is 4.79 Å². The summed E-state index contributed by atoms with van der Waals surface area (Å²) in [5.41, 5.74) is 2.28. The number of hydrogen-bond acceptors (Lipinski definition) is 3. The molecule has 0 radical (unpaired) electrons. The predicted octanol–water partition coefficient (Wildman–Crippen LogP) is 1.99. The second kappa shape index (κ2) is 7.51. The third-order valence-corrected chi connectivity index (χ3v) is 4.33. The number of aromatic nitrogens is 2. The van der Waals surface area contributed by atoms with Crippen LogP contribution in [0.5, 0.6) is 0 Å². The van der Waals surface area contributed by atoms with Gasteiger partial charge in [0.05, 0.1) is 0 Å². The Hall–Kier alpha value is -0.801. The zero-order valence-electron chi connectivity index (χ0n) is 10.7. The van der Waals surface area contributed by atoms with Crippen molar-refractivity contribution >= 4 is 20.9 Å². The minimum atomic E-state index is -0.0690. The molecule has 4 nitrogen and oxygen atoms in total. The zero-order chi connectivity index (χ0) is 12.7. The molecule has 0 fully saturated rings. The van der Waals surface area contributed by atoms with Crippen molar-refractivity contribution in [3.63, 3.8) is 0 Å². The zero-order valence-corrected chi connectivity index (χ0v) is 12.4. The average molecular weight is 303 g/mol. The van der Waals surface area contributed by atoms with E-state index in [2.05, 4.69) is 18.1 Å². The monoisotopic (exact) mass is 304 g/mol. The third kappa shape index (κ3) is 5.37. The summed E-state index contributed by atoms with van der Waals surface area (Å²) in [4.78, 5) is 11.1. The number of carbonyl (C=O) groups excluding carboxylic acids is 1. The van der Waals surface area contributed by atoms with Crippen LogP contribution in [0.4, 0.5) is 0 Å². The summed E-state index contributed by atoms with van der Waals surface area (Å²) in [6, 6.07) is 2.09. The van der Waals surface area contributed by atoms with Gasteiger partial charge >= 0.3 is 109 Å². The number of ether oxygens (including phenoxy) is 1. The third-order valence-electron chi connectivity index (χ3n) is 2.31. The van der Waals surface area contributed by atoms with Crippen LogP contribution in [0.15, 0.2) is 6.07 Å². The molecule has 0 aliphatic carbocycles. The predicted molar refractivity (Wildman–Crippen MR) is 68.3 cm³/mol. The van der Waals surface area contributed by atoms with E-state index in [0.29, 0.717) is 28.0 Å². The molecule has 0 amide bonds. The molecule has 0 aliphatic rings. The molecule has 5 heteroatoms. The van der Waals surface area contributed by atoms with Crippen molar-refractivity contribution < 1.29 is 9.53 Å². The molecule has 1 rings (SSSR count). The van der Waals surface area contributed by atoms with E-state index in [-0.39, 0.29) is 5.97 Å². The summed E-state index contributed by atoms with van der Waals surface area (Å²) in [6.07, 6.45) is 0.560. The Labute approximate surface area is 109 Å². The standard InChI is InChI=1S/C12H20N2O2Se/c1-4-16-12(15)5-7-17-8-6-14-11(3)9-10(2)13-14/h9H,4-8H2,1-3H3. The Kier molecular flexibility index (Phi) is 6.30. The quantitative estimate of drug-likeness (QED) is 0.439. The van der Waals surface area contributed by atoms with Crippen molar-refractivity contribution in [2.24, 2.45) is 0 Å². The number of rotatable bonds is 7. The van der Waals surface area contributed by atoms with Gasteiger partial charge in [-0.2, -0.15) is 0 Å². The molecule has 96 valence electrons. The molecular formula is C12H20N2O2Se. The first-order valence-electron chi connectivity index (χ1n) is 5.88. The Balaban J connectivity index is 2.12. The van der Waals surface area contributed by atoms with Gasteiger partial charge in [-0.25, -0.2) is 0 Å². The van der Waals surface area contributed by atoms with Crippen LogP contribution in [-0.2, 0) is 16.1 Å². The molecule has 0 atom stereocenters. The summed E-state index contributed by atoms with van der Waals surface area (Å²) in [5.74, 6) is -0.0690. The molecule has 0 unspecified atom stereocenters. The van der Waals surface area contributed by atoms with Crippen LogP contribution in [0.25, 0.3) is 0 Å². The van der Waals surface area contributed by atoms with Crippen molar-refractivity contribution in [3.8, 4) is 0 Å². The summed E-state index contributed by atoms with van der Waals surface area (Å²) < 4.78 is 6.93. The van der Waals surface area contributed by atoms with Crippen molar-refractivity contribution in [3.05, 3.63) is 17.5 Å². The molecule has 0 bridgehead atoms. The number of nitrogens with zero attached hydrogens (tertiary/aromatic N) is 2. The molecule has 0 N–H and O–H groups in total. The maximum atomic E-state index is 11.1. The normalized spacial score (nSPS) is 10.5. The minimum absolute atomic E-state index is 0.0690. The van der Waals surface area contributed by atoms with Gasteiger partial charge in [0.15, 0.2) is 0 Å². The first-order valence-corrected chi connectivity index (χ1v) is 8.30. The van der Waals surface area contributed by atoms with E-state index < -0.39 is 0 Å². The Morgan fingerprint density at radius 1 is 1.47 bits per heavy atom. The van der Waals surface area contributed by atoms with Gasteiger partial charge < -0.3 is 0 Å². The van der Waals surface area contributed by atoms with E-state index in [4.69, 9.17) is 4.74 Å². The second-order valence-electron chi connectivity index (χ2n) is 3.82. The first kappa shape index (κ1) is 14.3. The molecule has 0 saturated heterocycles. The molecule has 17 heavy (non-hydrogen) atoms. The fourth-order valence-corrected chi connectivity index (χ4v) is 3.26. The molecule has 0 spiro atoms. The summed E-state index contributed by atoms with van der Waals surface area (Å²) in [5, 5.41) is 6.49. The van der Waals surface area contributed by atoms with Gasteiger partial charge in [-0.05, 0) is 0 Å². The number of esters is 1. The van der Waals surface area contributed by atoms with Crippen molar-refractivity contribution in [2.45, 2.75) is 44.4 Å². The van der Waals surface area contributed by atoms with Crippen molar-refractivity contribution in [1.82, 2.24) is 9.78 Å². The second-order valence-corrected chi connectivity index (χ2v) is 6.39. The molecule has 1 heterocycles. The van der Waals surface area contributed by atoms with E-state index in [1.165, 1.54) is 5.69 Å². The van der Waals surface area contributed by atoms with Crippen LogP contribution >= 0.6 is 0 Å². The van der Waals surface area contributed by atoms with Gasteiger partial charge in [0.1, 0.15) is 0 Å². The van der Waals surface area contributed by atoms with Crippen LogP contribution < -0.4 is 0 Å². The first-order chi connectivity index (χ1) is 8.13. The molecular weight excluding hydrogens is 283 g/mol. The Bertz CT molecular complexity index is 363. The van der Waals surface area contributed by atoms with E-state index in [0.717, 1.165) is 22.9 Å². The van der Waals surface area contributed by atoms with E-state index in [1.54, 1.807) is 0 Å². The fraction of sp³-hybridized carbons (Fsp3) is 0.667. The molecule has 0 aromatic carbocycles.